The maximum absolute atomic E-state index is 12.9. The molecule has 0 atom stereocenters. The van der Waals surface area contributed by atoms with Crippen LogP contribution in [-0.2, 0) is 0 Å². The maximum Gasteiger partial charge on any atom is 0.159 e. The van der Waals surface area contributed by atoms with Gasteiger partial charge in [-0.2, -0.15) is 0 Å². The minimum Gasteiger partial charge on any atom is -0.494 e. The van der Waals surface area contributed by atoms with E-state index in [0.29, 0.717) is 11.6 Å². The van der Waals surface area contributed by atoms with Gasteiger partial charge in [0.2, 0.25) is 0 Å². The SMILES string of the molecule is COc1cc(-c2ncc(F)cn2)cc2c(C)ncnc12. The second-order valence-electron chi connectivity index (χ2n) is 4.26. The average molecular weight is 270 g/mol. The van der Waals surface area contributed by atoms with Crippen LogP contribution in [0.3, 0.4) is 0 Å². The molecule has 100 valence electrons. The van der Waals surface area contributed by atoms with Crippen molar-refractivity contribution in [2.24, 2.45) is 0 Å². The van der Waals surface area contributed by atoms with Gasteiger partial charge in [-0.05, 0) is 19.1 Å². The van der Waals surface area contributed by atoms with Gasteiger partial charge < -0.3 is 4.74 Å². The second kappa shape index (κ2) is 4.80. The van der Waals surface area contributed by atoms with E-state index in [-0.39, 0.29) is 0 Å². The molecule has 0 bridgehead atoms. The first-order valence-electron chi connectivity index (χ1n) is 5.96. The van der Waals surface area contributed by atoms with E-state index in [1.165, 1.54) is 6.33 Å². The number of hydrogen-bond acceptors (Lipinski definition) is 5. The van der Waals surface area contributed by atoms with Crippen molar-refractivity contribution in [1.82, 2.24) is 19.9 Å². The summed E-state index contributed by atoms with van der Waals surface area (Å²) in [6, 6.07) is 3.66. The highest BCUT2D eigenvalue weighted by Crippen LogP contribution is 2.30. The number of aromatic nitrogens is 4. The van der Waals surface area contributed by atoms with E-state index in [2.05, 4.69) is 19.9 Å². The number of halogens is 1. The van der Waals surface area contributed by atoms with E-state index in [1.807, 2.05) is 13.0 Å². The fourth-order valence-electron chi connectivity index (χ4n) is 2.01. The Labute approximate surface area is 114 Å². The average Bonchev–Trinajstić information content (AvgIpc) is 2.47. The fourth-order valence-corrected chi connectivity index (χ4v) is 2.01. The molecular formula is C14H11FN4O. The smallest absolute Gasteiger partial charge is 0.159 e. The summed E-state index contributed by atoms with van der Waals surface area (Å²) in [6.45, 7) is 1.89. The Bertz CT molecular complexity index is 774. The number of methoxy groups -OCH3 is 1. The van der Waals surface area contributed by atoms with Gasteiger partial charge in [-0.1, -0.05) is 0 Å². The summed E-state index contributed by atoms with van der Waals surface area (Å²) in [4.78, 5) is 16.3. The Balaban J connectivity index is 2.27. The molecule has 0 aliphatic rings. The Kier molecular flexibility index (Phi) is 2.98. The van der Waals surface area contributed by atoms with Gasteiger partial charge in [0.25, 0.3) is 0 Å². The van der Waals surface area contributed by atoms with E-state index in [4.69, 9.17) is 4.74 Å². The molecule has 3 rings (SSSR count). The van der Waals surface area contributed by atoms with Gasteiger partial charge >= 0.3 is 0 Å². The summed E-state index contributed by atoms with van der Waals surface area (Å²) in [5, 5.41) is 0.856. The maximum atomic E-state index is 12.9. The van der Waals surface area contributed by atoms with Crippen LogP contribution in [0.15, 0.2) is 30.9 Å². The van der Waals surface area contributed by atoms with E-state index in [9.17, 15) is 4.39 Å². The third-order valence-corrected chi connectivity index (χ3v) is 3.00. The lowest BCUT2D eigenvalue weighted by Gasteiger charge is -2.09. The lowest BCUT2D eigenvalue weighted by Crippen LogP contribution is -1.95. The zero-order valence-corrected chi connectivity index (χ0v) is 11.0. The van der Waals surface area contributed by atoms with E-state index in [1.54, 1.807) is 13.2 Å². The molecule has 2 heterocycles. The Morgan fingerprint density at radius 2 is 1.80 bits per heavy atom. The molecule has 0 radical (unpaired) electrons. The van der Waals surface area contributed by atoms with E-state index in [0.717, 1.165) is 34.6 Å². The van der Waals surface area contributed by atoms with Crippen molar-refractivity contribution in [2.45, 2.75) is 6.92 Å². The standard InChI is InChI=1S/C14H11FN4O/c1-8-11-3-9(14-16-5-10(15)6-17-14)4-12(20-2)13(11)19-7-18-8/h3-7H,1-2H3. The molecular weight excluding hydrogens is 259 g/mol. The fraction of sp³-hybridized carbons (Fsp3) is 0.143. The second-order valence-corrected chi connectivity index (χ2v) is 4.26. The highest BCUT2D eigenvalue weighted by Gasteiger charge is 2.11. The van der Waals surface area contributed by atoms with Crippen molar-refractivity contribution in [3.8, 4) is 17.1 Å². The van der Waals surface area contributed by atoms with Crippen LogP contribution in [0.25, 0.3) is 22.3 Å². The molecule has 3 aromatic rings. The van der Waals surface area contributed by atoms with E-state index < -0.39 is 5.82 Å². The molecule has 20 heavy (non-hydrogen) atoms. The van der Waals surface area contributed by atoms with Gasteiger partial charge in [0.1, 0.15) is 17.6 Å². The van der Waals surface area contributed by atoms with Crippen LogP contribution >= 0.6 is 0 Å². The normalized spacial score (nSPS) is 10.8. The van der Waals surface area contributed by atoms with E-state index >= 15 is 0 Å². The predicted molar refractivity (Wildman–Crippen MR) is 71.8 cm³/mol. The zero-order valence-electron chi connectivity index (χ0n) is 11.0. The lowest BCUT2D eigenvalue weighted by molar-refractivity contribution is 0.419. The van der Waals surface area contributed by atoms with Crippen LogP contribution in [0.5, 0.6) is 5.75 Å². The summed E-state index contributed by atoms with van der Waals surface area (Å²) in [7, 11) is 1.57. The minimum absolute atomic E-state index is 0.426. The number of rotatable bonds is 2. The molecule has 0 unspecified atom stereocenters. The third kappa shape index (κ3) is 2.05. The first-order valence-corrected chi connectivity index (χ1v) is 5.96. The summed E-state index contributed by atoms with van der Waals surface area (Å²) < 4.78 is 18.2. The molecule has 0 saturated carbocycles. The molecule has 0 spiro atoms. The first-order chi connectivity index (χ1) is 9.69. The Hall–Kier alpha value is -2.63. The van der Waals surface area contributed by atoms with Crippen molar-refractivity contribution >= 4 is 10.9 Å². The quantitative estimate of drug-likeness (QED) is 0.716. The summed E-state index contributed by atoms with van der Waals surface area (Å²) >= 11 is 0. The number of fused-ring (bicyclic) bond motifs is 1. The molecule has 0 fully saturated rings. The number of nitrogens with zero attached hydrogens (tertiary/aromatic N) is 4. The number of hydrogen-bond donors (Lipinski definition) is 0. The Morgan fingerprint density at radius 1 is 1.05 bits per heavy atom. The van der Waals surface area contributed by atoms with Crippen molar-refractivity contribution in [3.05, 3.63) is 42.4 Å². The monoisotopic (exact) mass is 270 g/mol. The molecule has 1 aromatic carbocycles. The topological polar surface area (TPSA) is 60.8 Å². The third-order valence-electron chi connectivity index (χ3n) is 3.00. The number of ether oxygens (including phenoxy) is 1. The largest absolute Gasteiger partial charge is 0.494 e. The van der Waals surface area contributed by atoms with Gasteiger partial charge in [-0.15, -0.1) is 0 Å². The first kappa shape index (κ1) is 12.4. The van der Waals surface area contributed by atoms with Crippen LogP contribution in [-0.4, -0.2) is 27.0 Å². The van der Waals surface area contributed by atoms with Gasteiger partial charge in [0, 0.05) is 16.6 Å². The summed E-state index contributed by atoms with van der Waals surface area (Å²) in [5.41, 5.74) is 2.29. The highest BCUT2D eigenvalue weighted by molar-refractivity contribution is 5.90. The number of aryl methyl sites for hydroxylation is 1. The van der Waals surface area contributed by atoms with Crippen molar-refractivity contribution in [1.29, 1.82) is 0 Å². The zero-order chi connectivity index (χ0) is 14.1. The minimum atomic E-state index is -0.471. The molecule has 6 heteroatoms. The molecule has 5 nitrogen and oxygen atoms in total. The van der Waals surface area contributed by atoms with Crippen LogP contribution < -0.4 is 4.74 Å². The lowest BCUT2D eigenvalue weighted by atomic mass is 10.1. The molecule has 0 aliphatic heterocycles. The molecule has 2 aromatic heterocycles. The van der Waals surface area contributed by atoms with Gasteiger partial charge in [0.15, 0.2) is 11.6 Å². The molecule has 0 amide bonds. The van der Waals surface area contributed by atoms with Crippen LogP contribution in [0.2, 0.25) is 0 Å². The van der Waals surface area contributed by atoms with Crippen LogP contribution in [0, 0.1) is 12.7 Å². The van der Waals surface area contributed by atoms with Gasteiger partial charge in [-0.3, -0.25) is 0 Å². The van der Waals surface area contributed by atoms with Crippen molar-refractivity contribution in [3.63, 3.8) is 0 Å². The molecule has 0 N–H and O–H groups in total. The summed E-state index contributed by atoms with van der Waals surface area (Å²) in [5.74, 6) is 0.562. The van der Waals surface area contributed by atoms with Crippen molar-refractivity contribution in [2.75, 3.05) is 7.11 Å². The van der Waals surface area contributed by atoms with Crippen molar-refractivity contribution < 1.29 is 9.13 Å². The van der Waals surface area contributed by atoms with Crippen LogP contribution in [0.1, 0.15) is 5.69 Å². The molecule has 0 saturated heterocycles. The Morgan fingerprint density at radius 3 is 2.50 bits per heavy atom. The van der Waals surface area contributed by atoms with Crippen LogP contribution in [0.4, 0.5) is 4.39 Å². The predicted octanol–water partition coefficient (Wildman–Crippen LogP) is 2.54. The highest BCUT2D eigenvalue weighted by atomic mass is 19.1. The number of benzene rings is 1. The molecule has 0 aliphatic carbocycles. The van der Waals surface area contributed by atoms with Gasteiger partial charge in [0.05, 0.1) is 19.5 Å². The summed E-state index contributed by atoms with van der Waals surface area (Å²) in [6.07, 6.45) is 3.76. The van der Waals surface area contributed by atoms with Gasteiger partial charge in [-0.25, -0.2) is 24.3 Å².